The van der Waals surface area contributed by atoms with Gasteiger partial charge in [-0.25, -0.2) is 0 Å². The summed E-state index contributed by atoms with van der Waals surface area (Å²) in [5, 5.41) is 39.3. The van der Waals surface area contributed by atoms with Crippen LogP contribution in [-0.2, 0) is 10.8 Å². The first-order chi connectivity index (χ1) is 27.9. The number of Topliss-reactive ketones (excluding diaryl/α,β-unsaturated/α-hetero) is 2. The molecular weight excluding hydrogens is 753 g/mol. The van der Waals surface area contributed by atoms with Crippen LogP contribution in [0.4, 0.5) is 0 Å². The first kappa shape index (κ1) is 35.2. The highest BCUT2D eigenvalue weighted by Crippen LogP contribution is 2.63. The Morgan fingerprint density at radius 2 is 0.879 bits per heavy atom. The van der Waals surface area contributed by atoms with Crippen LogP contribution in [0, 0.1) is 45.3 Å². The quantitative estimate of drug-likeness (QED) is 0.127. The van der Waals surface area contributed by atoms with Crippen molar-refractivity contribution >= 4 is 66.9 Å². The van der Waals surface area contributed by atoms with Gasteiger partial charge in [-0.3, -0.25) is 9.59 Å². The van der Waals surface area contributed by atoms with E-state index in [1.165, 1.54) is 41.4 Å². The Labute approximate surface area is 342 Å². The number of benzene rings is 4. The van der Waals surface area contributed by atoms with E-state index in [2.05, 4.69) is 52.0 Å². The largest absolute Gasteiger partial charge is 0.289 e. The van der Waals surface area contributed by atoms with Crippen LogP contribution in [0.15, 0.2) is 107 Å². The number of allylic oxidation sites excluding steroid dienone is 6. The Morgan fingerprint density at radius 3 is 1.24 bits per heavy atom. The van der Waals surface area contributed by atoms with Crippen LogP contribution in [0.5, 0.6) is 0 Å². The first-order valence-corrected chi connectivity index (χ1v) is 20.3. The van der Waals surface area contributed by atoms with Crippen LogP contribution in [0.1, 0.15) is 92.9 Å². The molecule has 0 fully saturated rings. The minimum atomic E-state index is -0.340. The third kappa shape index (κ3) is 4.54. The Bertz CT molecular complexity index is 3060. The molecule has 6 nitrogen and oxygen atoms in total. The molecule has 4 aliphatic rings. The summed E-state index contributed by atoms with van der Waals surface area (Å²) in [5.74, 6) is -0.388. The summed E-state index contributed by atoms with van der Waals surface area (Å²) < 4.78 is 2.56. The lowest BCUT2D eigenvalue weighted by Gasteiger charge is -2.23. The van der Waals surface area contributed by atoms with Crippen molar-refractivity contribution < 1.29 is 9.59 Å². The molecule has 0 radical (unpaired) electrons. The third-order valence-corrected chi connectivity index (χ3v) is 14.8. The third-order valence-electron chi connectivity index (χ3n) is 12.2. The molecule has 2 aromatic heterocycles. The molecule has 10 rings (SSSR count). The average molecular weight is 781 g/mol. The van der Waals surface area contributed by atoms with Gasteiger partial charge in [0.2, 0.25) is 0 Å². The van der Waals surface area contributed by atoms with Crippen LogP contribution in [0.25, 0.3) is 53.6 Å². The molecule has 58 heavy (non-hydrogen) atoms. The predicted octanol–water partition coefficient (Wildman–Crippen LogP) is 11.7. The van der Waals surface area contributed by atoms with Crippen molar-refractivity contribution in [2.24, 2.45) is 0 Å². The number of ketones is 2. The molecule has 0 bridgehead atoms. The number of nitrogens with zero attached hydrogens (tertiary/aromatic N) is 4. The number of fused-ring (bicyclic) bond motifs is 11. The van der Waals surface area contributed by atoms with Crippen molar-refractivity contribution in [3.63, 3.8) is 0 Å². The number of thiophene rings is 2. The van der Waals surface area contributed by atoms with Crippen LogP contribution < -0.4 is 0 Å². The summed E-state index contributed by atoms with van der Waals surface area (Å²) in [4.78, 5) is 29.8. The molecular formula is C50H28N4O2S2. The monoisotopic (exact) mass is 780 g/mol. The minimum absolute atomic E-state index is 0.0786. The van der Waals surface area contributed by atoms with Crippen molar-refractivity contribution in [2.45, 2.75) is 38.5 Å². The van der Waals surface area contributed by atoms with E-state index in [4.69, 9.17) is 0 Å². The van der Waals surface area contributed by atoms with Gasteiger partial charge in [0, 0.05) is 54.0 Å². The van der Waals surface area contributed by atoms with Crippen molar-refractivity contribution in [1.82, 2.24) is 0 Å². The van der Waals surface area contributed by atoms with Crippen LogP contribution in [0.3, 0.4) is 0 Å². The van der Waals surface area contributed by atoms with Gasteiger partial charge in [0.15, 0.2) is 11.6 Å². The molecule has 0 N–H and O–H groups in total. The molecule has 0 unspecified atom stereocenters. The number of hydrogen-bond acceptors (Lipinski definition) is 8. The van der Waals surface area contributed by atoms with Gasteiger partial charge in [0.05, 0.1) is 9.40 Å². The fraction of sp³-hybridized carbons (Fsp3) is 0.120. The fourth-order valence-corrected chi connectivity index (χ4v) is 13.1. The van der Waals surface area contributed by atoms with Crippen molar-refractivity contribution in [3.05, 3.63) is 163 Å². The lowest BCUT2D eigenvalue weighted by atomic mass is 9.80. The molecule has 0 atom stereocenters. The highest BCUT2D eigenvalue weighted by atomic mass is 32.1. The smallest absolute Gasteiger partial charge is 0.194 e. The Balaban J connectivity index is 1.05. The zero-order valence-electron chi connectivity index (χ0n) is 31.7. The SMILES string of the molecule is CC1(C)c2cc(C=C3C(=O)c4ccccc4C3=C(C#N)C#N)ccc2-c2sc3c4c(sc3c21)-c1ccc(C=C2C(=O)c3ccccc3C2=C(C#N)C#N)cc1C4(C)C. The molecule has 272 valence electrons. The molecule has 0 aliphatic heterocycles. The standard InChI is InChI=1S/C50H28N4O2S2/c1-49(2)37-19-25(17-35-39(27(21-51)22-52)29-9-5-7-11-31(29)43(35)55)13-15-33(37)45-41(49)47-48(57-45)42-46(58-47)34-16-14-26(20-38(34)50(42,3)4)18-36-40(28(23-53)24-54)30-10-6-8-12-32(30)44(36)56/h5-20H,1-4H3. The van der Waals surface area contributed by atoms with Crippen molar-refractivity contribution in [3.8, 4) is 45.2 Å². The number of carbonyl (C=O) groups is 2. The van der Waals surface area contributed by atoms with E-state index in [-0.39, 0.29) is 33.5 Å². The van der Waals surface area contributed by atoms with Gasteiger partial charge in [-0.05, 0) is 67.8 Å². The van der Waals surface area contributed by atoms with E-state index >= 15 is 0 Å². The highest BCUT2D eigenvalue weighted by molar-refractivity contribution is 7.32. The first-order valence-electron chi connectivity index (χ1n) is 18.7. The lowest BCUT2D eigenvalue weighted by Crippen LogP contribution is -2.16. The summed E-state index contributed by atoms with van der Waals surface area (Å²) in [7, 11) is 0. The van der Waals surface area contributed by atoms with Crippen LogP contribution >= 0.6 is 22.7 Å². The normalized spacial score (nSPS) is 17.2. The molecule has 0 amide bonds. The van der Waals surface area contributed by atoms with Gasteiger partial charge >= 0.3 is 0 Å². The summed E-state index contributed by atoms with van der Waals surface area (Å²) in [6.07, 6.45) is 3.64. The maximum atomic E-state index is 13.7. The average Bonchev–Trinajstić information content (AvgIpc) is 4.01. The van der Waals surface area contributed by atoms with Gasteiger partial charge in [0.25, 0.3) is 0 Å². The summed E-state index contributed by atoms with van der Waals surface area (Å²) in [5.41, 5.74) is 11.8. The number of hydrogen-bond donors (Lipinski definition) is 0. The fourth-order valence-electron chi connectivity index (χ4n) is 9.48. The van der Waals surface area contributed by atoms with E-state index in [0.29, 0.717) is 44.5 Å². The molecule has 0 saturated heterocycles. The maximum absolute atomic E-state index is 13.7. The second-order valence-electron chi connectivity index (χ2n) is 15.9. The van der Waals surface area contributed by atoms with E-state index in [9.17, 15) is 30.6 Å². The van der Waals surface area contributed by atoms with E-state index in [0.717, 1.165) is 22.3 Å². The van der Waals surface area contributed by atoms with E-state index in [1.54, 1.807) is 36.4 Å². The predicted molar refractivity (Wildman–Crippen MR) is 229 cm³/mol. The molecule has 2 heterocycles. The molecule has 6 aromatic rings. The Hall–Kier alpha value is -7.20. The number of carbonyl (C=O) groups excluding carboxylic acids is 2. The minimum Gasteiger partial charge on any atom is -0.289 e. The Morgan fingerprint density at radius 1 is 0.517 bits per heavy atom. The van der Waals surface area contributed by atoms with Gasteiger partial charge in [0.1, 0.15) is 35.4 Å². The van der Waals surface area contributed by atoms with Gasteiger partial charge in [-0.2, -0.15) is 21.0 Å². The topological polar surface area (TPSA) is 129 Å². The van der Waals surface area contributed by atoms with Crippen molar-refractivity contribution in [2.75, 3.05) is 0 Å². The van der Waals surface area contributed by atoms with Gasteiger partial charge < -0.3 is 0 Å². The van der Waals surface area contributed by atoms with Gasteiger partial charge in [-0.15, -0.1) is 22.7 Å². The molecule has 8 heteroatoms. The number of nitriles is 4. The van der Waals surface area contributed by atoms with E-state index < -0.39 is 0 Å². The Kier molecular flexibility index (Phi) is 7.38. The van der Waals surface area contributed by atoms with Crippen molar-refractivity contribution in [1.29, 1.82) is 21.0 Å². The molecule has 0 saturated carbocycles. The van der Waals surface area contributed by atoms with E-state index in [1.807, 2.05) is 83.4 Å². The molecule has 4 aliphatic carbocycles. The second-order valence-corrected chi connectivity index (χ2v) is 18.0. The number of rotatable bonds is 2. The van der Waals surface area contributed by atoms with Crippen LogP contribution in [-0.4, -0.2) is 11.6 Å². The zero-order valence-corrected chi connectivity index (χ0v) is 33.3. The maximum Gasteiger partial charge on any atom is 0.194 e. The van der Waals surface area contributed by atoms with Gasteiger partial charge in [-0.1, -0.05) is 113 Å². The summed E-state index contributed by atoms with van der Waals surface area (Å²) in [6, 6.07) is 34.9. The summed E-state index contributed by atoms with van der Waals surface area (Å²) >= 11 is 3.65. The highest BCUT2D eigenvalue weighted by Gasteiger charge is 2.45. The second kappa shape index (κ2) is 12.1. The molecule has 0 spiro atoms. The van der Waals surface area contributed by atoms with Crippen LogP contribution in [0.2, 0.25) is 0 Å². The lowest BCUT2D eigenvalue weighted by molar-refractivity contribution is 0.103. The molecule has 4 aromatic carbocycles. The summed E-state index contributed by atoms with van der Waals surface area (Å²) in [6.45, 7) is 9.02. The zero-order chi connectivity index (χ0) is 40.4.